The fourth-order valence-corrected chi connectivity index (χ4v) is 2.09. The number of hydrogen-bond donors (Lipinski definition) is 2. The molecule has 0 aliphatic rings. The summed E-state index contributed by atoms with van der Waals surface area (Å²) in [6.07, 6.45) is 1.72. The van der Waals surface area contributed by atoms with Crippen LogP contribution in [0.3, 0.4) is 0 Å². The van der Waals surface area contributed by atoms with Crippen molar-refractivity contribution in [2.24, 2.45) is 5.73 Å². The van der Waals surface area contributed by atoms with Crippen molar-refractivity contribution in [2.45, 2.75) is 26.2 Å². The zero-order valence-corrected chi connectivity index (χ0v) is 12.6. The van der Waals surface area contributed by atoms with Crippen molar-refractivity contribution < 1.29 is 13.2 Å². The van der Waals surface area contributed by atoms with Crippen molar-refractivity contribution >= 4 is 28.3 Å². The lowest BCUT2D eigenvalue weighted by atomic mass is 10.3. The Kier molecular flexibility index (Phi) is 11.7. The average Bonchev–Trinajstić information content (AvgIpc) is 2.31. The van der Waals surface area contributed by atoms with Crippen LogP contribution in [0.25, 0.3) is 0 Å². The molecule has 8 heteroatoms. The van der Waals surface area contributed by atoms with E-state index in [-0.39, 0.29) is 24.1 Å². The number of carbonyl (C=O) groups excluding carboxylic acids is 1. The van der Waals surface area contributed by atoms with Crippen LogP contribution in [0.1, 0.15) is 26.2 Å². The molecule has 1 amide bonds. The third-order valence-corrected chi connectivity index (χ3v) is 4.28. The molecule has 0 rings (SSSR count). The first-order valence-electron chi connectivity index (χ1n) is 5.84. The highest BCUT2D eigenvalue weighted by atomic mass is 35.5. The topological polar surface area (TPSA) is 92.5 Å². The van der Waals surface area contributed by atoms with Crippen molar-refractivity contribution in [3.05, 3.63) is 0 Å². The summed E-state index contributed by atoms with van der Waals surface area (Å²) in [6.45, 7) is 3.03. The number of hydrogen-bond acceptors (Lipinski definition) is 4. The van der Waals surface area contributed by atoms with Gasteiger partial charge >= 0.3 is 0 Å². The molecule has 0 aromatic heterocycles. The first-order valence-corrected chi connectivity index (χ1v) is 7.45. The minimum atomic E-state index is -3.11. The van der Waals surface area contributed by atoms with Crippen molar-refractivity contribution in [1.29, 1.82) is 0 Å². The quantitative estimate of drug-likeness (QED) is 0.583. The predicted octanol–water partition coefficient (Wildman–Crippen LogP) is -0.0651. The second kappa shape index (κ2) is 10.5. The van der Waals surface area contributed by atoms with Crippen molar-refractivity contribution in [2.75, 3.05) is 32.4 Å². The van der Waals surface area contributed by atoms with Gasteiger partial charge in [0.1, 0.15) is 0 Å². The number of nitrogens with zero attached hydrogens (tertiary/aromatic N) is 1. The minimum absolute atomic E-state index is 0. The zero-order valence-electron chi connectivity index (χ0n) is 11.0. The Balaban J connectivity index is 0. The molecule has 0 saturated carbocycles. The van der Waals surface area contributed by atoms with E-state index in [1.807, 2.05) is 0 Å². The highest BCUT2D eigenvalue weighted by Gasteiger charge is 2.13. The zero-order chi connectivity index (χ0) is 13.3. The normalized spacial score (nSPS) is 11.1. The van der Waals surface area contributed by atoms with Crippen LogP contribution in [0, 0.1) is 0 Å². The molecule has 0 aromatic carbocycles. The molecule has 0 heterocycles. The average molecular weight is 302 g/mol. The number of carbonyl (C=O) groups is 1. The standard InChI is InChI=1S/C10H23N3O3S.ClH/c1-3-17(15,16)13(2)9-5-8-12-10(14)6-4-7-11;/h3-9,11H2,1-2H3,(H,12,14);1H. The van der Waals surface area contributed by atoms with Gasteiger partial charge < -0.3 is 11.1 Å². The maximum absolute atomic E-state index is 11.4. The molecule has 110 valence electrons. The first kappa shape index (κ1) is 20.0. The molecule has 0 aliphatic heterocycles. The van der Waals surface area contributed by atoms with Crippen LogP contribution in [-0.4, -0.2) is 51.1 Å². The SMILES string of the molecule is CCS(=O)(=O)N(C)CCCNC(=O)CCCN.Cl. The molecule has 0 bridgehead atoms. The van der Waals surface area contributed by atoms with Crippen LogP contribution in [0.15, 0.2) is 0 Å². The number of amides is 1. The summed E-state index contributed by atoms with van der Waals surface area (Å²) in [7, 11) is -1.56. The maximum Gasteiger partial charge on any atom is 0.220 e. The molecule has 0 radical (unpaired) electrons. The van der Waals surface area contributed by atoms with E-state index in [1.165, 1.54) is 4.31 Å². The number of rotatable bonds is 9. The second-order valence-corrected chi connectivity index (χ2v) is 6.18. The van der Waals surface area contributed by atoms with Gasteiger partial charge in [-0.25, -0.2) is 12.7 Å². The van der Waals surface area contributed by atoms with Gasteiger partial charge in [0.2, 0.25) is 15.9 Å². The Bertz CT molecular complexity index is 322. The molecular weight excluding hydrogens is 278 g/mol. The molecule has 0 unspecified atom stereocenters. The lowest BCUT2D eigenvalue weighted by Crippen LogP contribution is -2.32. The van der Waals surface area contributed by atoms with E-state index in [4.69, 9.17) is 5.73 Å². The second-order valence-electron chi connectivity index (χ2n) is 3.82. The van der Waals surface area contributed by atoms with Crippen LogP contribution in [0.5, 0.6) is 0 Å². The van der Waals surface area contributed by atoms with Gasteiger partial charge in [-0.05, 0) is 26.3 Å². The van der Waals surface area contributed by atoms with Gasteiger partial charge in [-0.1, -0.05) is 0 Å². The van der Waals surface area contributed by atoms with E-state index in [0.29, 0.717) is 38.9 Å². The van der Waals surface area contributed by atoms with Crippen molar-refractivity contribution in [3.63, 3.8) is 0 Å². The summed E-state index contributed by atoms with van der Waals surface area (Å²) in [5, 5.41) is 2.73. The van der Waals surface area contributed by atoms with Gasteiger partial charge in [-0.15, -0.1) is 12.4 Å². The Hall–Kier alpha value is -0.370. The minimum Gasteiger partial charge on any atom is -0.356 e. The van der Waals surface area contributed by atoms with Crippen LogP contribution >= 0.6 is 12.4 Å². The van der Waals surface area contributed by atoms with Gasteiger partial charge in [-0.3, -0.25) is 4.79 Å². The maximum atomic E-state index is 11.4. The summed E-state index contributed by atoms with van der Waals surface area (Å²) >= 11 is 0. The summed E-state index contributed by atoms with van der Waals surface area (Å²) in [5.74, 6) is 0.0725. The monoisotopic (exact) mass is 301 g/mol. The van der Waals surface area contributed by atoms with Crippen molar-refractivity contribution in [3.8, 4) is 0 Å². The van der Waals surface area contributed by atoms with E-state index in [1.54, 1.807) is 14.0 Å². The summed E-state index contributed by atoms with van der Waals surface area (Å²) in [6, 6.07) is 0. The number of nitrogens with one attached hydrogen (secondary N) is 1. The Morgan fingerprint density at radius 2 is 1.94 bits per heavy atom. The van der Waals surface area contributed by atoms with Crippen molar-refractivity contribution in [1.82, 2.24) is 9.62 Å². The molecule has 0 atom stereocenters. The Labute approximate surface area is 116 Å². The van der Waals surface area contributed by atoms with Gasteiger partial charge in [0, 0.05) is 26.6 Å². The lowest BCUT2D eigenvalue weighted by molar-refractivity contribution is -0.121. The fourth-order valence-electron chi connectivity index (χ4n) is 1.24. The molecule has 18 heavy (non-hydrogen) atoms. The number of nitrogens with two attached hydrogens (primary N) is 1. The molecule has 0 aromatic rings. The molecule has 0 fully saturated rings. The highest BCUT2D eigenvalue weighted by molar-refractivity contribution is 7.89. The summed E-state index contributed by atoms with van der Waals surface area (Å²) < 4.78 is 24.1. The predicted molar refractivity (Wildman–Crippen MR) is 75.3 cm³/mol. The molecule has 6 nitrogen and oxygen atoms in total. The Morgan fingerprint density at radius 1 is 1.33 bits per heavy atom. The summed E-state index contributed by atoms with van der Waals surface area (Å²) in [5.41, 5.74) is 5.28. The third kappa shape index (κ3) is 8.68. The lowest BCUT2D eigenvalue weighted by Gasteiger charge is -2.15. The smallest absolute Gasteiger partial charge is 0.220 e. The van der Waals surface area contributed by atoms with E-state index in [0.717, 1.165) is 0 Å². The number of sulfonamides is 1. The van der Waals surface area contributed by atoms with Crippen LogP contribution in [0.4, 0.5) is 0 Å². The van der Waals surface area contributed by atoms with Gasteiger partial charge in [-0.2, -0.15) is 0 Å². The highest BCUT2D eigenvalue weighted by Crippen LogP contribution is 1.98. The molecule has 0 spiro atoms. The van der Waals surface area contributed by atoms with Crippen LogP contribution in [-0.2, 0) is 14.8 Å². The van der Waals surface area contributed by atoms with E-state index < -0.39 is 10.0 Å². The number of halogens is 1. The molecular formula is C10H24ClN3O3S. The fraction of sp³-hybridized carbons (Fsp3) is 0.900. The molecule has 0 saturated heterocycles. The Morgan fingerprint density at radius 3 is 2.44 bits per heavy atom. The van der Waals surface area contributed by atoms with Gasteiger partial charge in [0.15, 0.2) is 0 Å². The van der Waals surface area contributed by atoms with Crippen LogP contribution in [0.2, 0.25) is 0 Å². The molecule has 0 aliphatic carbocycles. The van der Waals surface area contributed by atoms with Gasteiger partial charge in [0.25, 0.3) is 0 Å². The van der Waals surface area contributed by atoms with Gasteiger partial charge in [0.05, 0.1) is 5.75 Å². The van der Waals surface area contributed by atoms with Crippen LogP contribution < -0.4 is 11.1 Å². The molecule has 3 N–H and O–H groups in total. The summed E-state index contributed by atoms with van der Waals surface area (Å²) in [4.78, 5) is 11.2. The first-order chi connectivity index (χ1) is 7.94. The van der Waals surface area contributed by atoms with E-state index in [9.17, 15) is 13.2 Å². The largest absolute Gasteiger partial charge is 0.356 e. The van der Waals surface area contributed by atoms with E-state index in [2.05, 4.69) is 5.32 Å². The third-order valence-electron chi connectivity index (χ3n) is 2.42. The van der Waals surface area contributed by atoms with E-state index >= 15 is 0 Å².